The number of anilines is 1. The van der Waals surface area contributed by atoms with E-state index in [4.69, 9.17) is 5.73 Å². The number of hydrogen-bond donors (Lipinski definition) is 2. The Morgan fingerprint density at radius 1 is 1.33 bits per heavy atom. The van der Waals surface area contributed by atoms with Crippen molar-refractivity contribution in [2.45, 2.75) is 11.3 Å². The molecule has 9 heteroatoms. The number of thiophene rings is 1. The molecule has 0 atom stereocenters. The van der Waals surface area contributed by atoms with Gasteiger partial charge in [-0.2, -0.15) is 0 Å². The molecular weight excluding hydrogens is 314 g/mol. The monoisotopic (exact) mass is 327 g/mol. The number of nitro groups is 1. The Kier molecular flexibility index (Phi) is 4.56. The maximum Gasteiger partial charge on any atom is 0.292 e. The van der Waals surface area contributed by atoms with Gasteiger partial charge in [0.1, 0.15) is 5.69 Å². The summed E-state index contributed by atoms with van der Waals surface area (Å²) in [6, 6.07) is 7.16. The zero-order valence-corrected chi connectivity index (χ0v) is 12.5. The van der Waals surface area contributed by atoms with Crippen LogP contribution in [0.15, 0.2) is 40.6 Å². The van der Waals surface area contributed by atoms with Gasteiger partial charge in [0.05, 0.1) is 9.82 Å². The molecule has 7 nitrogen and oxygen atoms in total. The Labute approximate surface area is 125 Å². The van der Waals surface area contributed by atoms with Crippen LogP contribution < -0.4 is 10.5 Å². The van der Waals surface area contributed by atoms with Crippen LogP contribution in [0.5, 0.6) is 0 Å². The van der Waals surface area contributed by atoms with E-state index in [1.807, 2.05) is 17.5 Å². The SMILES string of the molecule is Nc1cc(S(=O)(=O)NCCc2cccs2)ccc1[N+](=O)[O-]. The molecule has 1 heterocycles. The molecule has 21 heavy (non-hydrogen) atoms. The van der Waals surface area contributed by atoms with E-state index in [2.05, 4.69) is 4.72 Å². The number of rotatable bonds is 6. The Bertz CT molecular complexity index is 742. The molecule has 0 aliphatic heterocycles. The van der Waals surface area contributed by atoms with Crippen molar-refractivity contribution in [1.29, 1.82) is 0 Å². The summed E-state index contributed by atoms with van der Waals surface area (Å²) < 4.78 is 26.6. The predicted molar refractivity (Wildman–Crippen MR) is 80.7 cm³/mol. The molecule has 0 spiro atoms. The number of nitrogen functional groups attached to an aromatic ring is 1. The van der Waals surface area contributed by atoms with E-state index >= 15 is 0 Å². The molecule has 1 aromatic carbocycles. The van der Waals surface area contributed by atoms with E-state index in [9.17, 15) is 18.5 Å². The first-order valence-electron chi connectivity index (χ1n) is 5.96. The zero-order chi connectivity index (χ0) is 15.5. The lowest BCUT2D eigenvalue weighted by molar-refractivity contribution is -0.383. The van der Waals surface area contributed by atoms with Crippen LogP contribution in [-0.2, 0) is 16.4 Å². The molecular formula is C12H13N3O4S2. The van der Waals surface area contributed by atoms with Crippen molar-refractivity contribution >= 4 is 32.7 Å². The highest BCUT2D eigenvalue weighted by molar-refractivity contribution is 7.89. The highest BCUT2D eigenvalue weighted by atomic mass is 32.2. The predicted octanol–water partition coefficient (Wildman–Crippen LogP) is 1.76. The fraction of sp³-hybridized carbons (Fsp3) is 0.167. The van der Waals surface area contributed by atoms with E-state index in [0.29, 0.717) is 6.42 Å². The van der Waals surface area contributed by atoms with E-state index in [-0.39, 0.29) is 22.8 Å². The molecule has 3 N–H and O–H groups in total. The first-order chi connectivity index (χ1) is 9.90. The fourth-order valence-corrected chi connectivity index (χ4v) is 3.49. The molecule has 0 aliphatic carbocycles. The molecule has 2 aromatic rings. The van der Waals surface area contributed by atoms with Crippen LogP contribution in [0, 0.1) is 10.1 Å². The van der Waals surface area contributed by atoms with Gasteiger partial charge in [-0.25, -0.2) is 13.1 Å². The van der Waals surface area contributed by atoms with Gasteiger partial charge in [-0.15, -0.1) is 11.3 Å². The summed E-state index contributed by atoms with van der Waals surface area (Å²) in [7, 11) is -3.73. The number of sulfonamides is 1. The van der Waals surface area contributed by atoms with Gasteiger partial charge in [0.25, 0.3) is 5.69 Å². The van der Waals surface area contributed by atoms with Crippen LogP contribution in [-0.4, -0.2) is 19.9 Å². The Morgan fingerprint density at radius 2 is 2.10 bits per heavy atom. The smallest absolute Gasteiger partial charge is 0.292 e. The number of benzene rings is 1. The third-order valence-corrected chi connectivity index (χ3v) is 5.14. The highest BCUT2D eigenvalue weighted by Crippen LogP contribution is 2.24. The number of nitrogens with two attached hydrogens (primary N) is 1. The van der Waals surface area contributed by atoms with Gasteiger partial charge in [0.2, 0.25) is 10.0 Å². The number of nitrogens with zero attached hydrogens (tertiary/aromatic N) is 1. The third kappa shape index (κ3) is 3.78. The second-order valence-corrected chi connectivity index (χ2v) is 7.00. The molecule has 0 fully saturated rings. The average Bonchev–Trinajstić information content (AvgIpc) is 2.91. The Balaban J connectivity index is 2.08. The molecule has 112 valence electrons. The first kappa shape index (κ1) is 15.4. The van der Waals surface area contributed by atoms with Crippen LogP contribution in [0.4, 0.5) is 11.4 Å². The molecule has 0 saturated carbocycles. The van der Waals surface area contributed by atoms with Gasteiger partial charge in [-0.1, -0.05) is 6.07 Å². The third-order valence-electron chi connectivity index (χ3n) is 2.75. The van der Waals surface area contributed by atoms with E-state index in [1.165, 1.54) is 6.07 Å². The molecule has 0 radical (unpaired) electrons. The van der Waals surface area contributed by atoms with Crippen molar-refractivity contribution in [3.05, 3.63) is 50.7 Å². The summed E-state index contributed by atoms with van der Waals surface area (Å²) >= 11 is 1.55. The second-order valence-electron chi connectivity index (χ2n) is 4.20. The van der Waals surface area contributed by atoms with Crippen molar-refractivity contribution in [2.75, 3.05) is 12.3 Å². The van der Waals surface area contributed by atoms with Crippen LogP contribution in [0.1, 0.15) is 4.88 Å². The molecule has 0 amide bonds. The van der Waals surface area contributed by atoms with Gasteiger partial charge >= 0.3 is 0 Å². The summed E-state index contributed by atoms with van der Waals surface area (Å²) in [6.07, 6.45) is 0.583. The molecule has 1 aromatic heterocycles. The number of hydrogen-bond acceptors (Lipinski definition) is 6. The minimum absolute atomic E-state index is 0.0863. The van der Waals surface area contributed by atoms with Gasteiger partial charge in [-0.05, 0) is 30.0 Å². The fourth-order valence-electron chi connectivity index (χ4n) is 1.71. The largest absolute Gasteiger partial charge is 0.393 e. The topological polar surface area (TPSA) is 115 Å². The normalized spacial score (nSPS) is 11.4. The Morgan fingerprint density at radius 3 is 2.67 bits per heavy atom. The van der Waals surface area contributed by atoms with E-state index in [1.54, 1.807) is 11.3 Å². The maximum atomic E-state index is 12.1. The second kappa shape index (κ2) is 6.20. The molecule has 0 bridgehead atoms. The molecule has 0 aliphatic rings. The number of nitrogens with one attached hydrogen (secondary N) is 1. The van der Waals surface area contributed by atoms with Gasteiger partial charge in [0.15, 0.2) is 0 Å². The van der Waals surface area contributed by atoms with Crippen LogP contribution in [0.3, 0.4) is 0 Å². The van der Waals surface area contributed by atoms with Gasteiger partial charge < -0.3 is 5.73 Å². The standard InChI is InChI=1S/C12H13N3O4S2/c13-11-8-10(3-4-12(11)15(16)17)21(18,19)14-6-5-9-2-1-7-20-9/h1-4,7-8,14H,5-6,13H2. The first-order valence-corrected chi connectivity index (χ1v) is 8.32. The summed E-state index contributed by atoms with van der Waals surface area (Å²) in [5.41, 5.74) is 5.00. The lowest BCUT2D eigenvalue weighted by atomic mass is 10.3. The minimum atomic E-state index is -3.73. The van der Waals surface area contributed by atoms with Crippen LogP contribution >= 0.6 is 11.3 Å². The molecule has 0 unspecified atom stereocenters. The van der Waals surface area contributed by atoms with Gasteiger partial charge in [0, 0.05) is 17.5 Å². The summed E-state index contributed by atoms with van der Waals surface area (Å²) in [5, 5.41) is 12.6. The Hall–Kier alpha value is -1.97. The summed E-state index contributed by atoms with van der Waals surface area (Å²) in [5.74, 6) is 0. The summed E-state index contributed by atoms with van der Waals surface area (Å²) in [6.45, 7) is 0.250. The minimum Gasteiger partial charge on any atom is -0.393 e. The number of nitro benzene ring substituents is 1. The van der Waals surface area contributed by atoms with E-state index in [0.717, 1.165) is 17.0 Å². The van der Waals surface area contributed by atoms with Crippen molar-refractivity contribution in [3.63, 3.8) is 0 Å². The van der Waals surface area contributed by atoms with E-state index < -0.39 is 14.9 Å². The highest BCUT2D eigenvalue weighted by Gasteiger charge is 2.18. The lowest BCUT2D eigenvalue weighted by Gasteiger charge is -2.07. The molecule has 0 saturated heterocycles. The zero-order valence-electron chi connectivity index (χ0n) is 10.9. The molecule has 2 rings (SSSR count). The van der Waals surface area contributed by atoms with Crippen LogP contribution in [0.2, 0.25) is 0 Å². The van der Waals surface area contributed by atoms with Crippen molar-refractivity contribution in [2.24, 2.45) is 0 Å². The van der Waals surface area contributed by atoms with Gasteiger partial charge in [-0.3, -0.25) is 10.1 Å². The van der Waals surface area contributed by atoms with Crippen molar-refractivity contribution < 1.29 is 13.3 Å². The quantitative estimate of drug-likeness (QED) is 0.476. The van der Waals surface area contributed by atoms with Crippen molar-refractivity contribution in [1.82, 2.24) is 4.72 Å². The maximum absolute atomic E-state index is 12.1. The lowest BCUT2D eigenvalue weighted by Crippen LogP contribution is -2.26. The van der Waals surface area contributed by atoms with Crippen LogP contribution in [0.25, 0.3) is 0 Å². The summed E-state index contributed by atoms with van der Waals surface area (Å²) in [4.78, 5) is 11.0. The van der Waals surface area contributed by atoms with Crippen molar-refractivity contribution in [3.8, 4) is 0 Å². The average molecular weight is 327 g/mol.